The SMILES string of the molecule is CN1CC(=O)N(C[C@@H](NC(=O)N[C@@H]2CCCCCCCCC[C@H](C(=O)C(=O)NC3CC3)NC(=O)[C@@H]3[C@@H]4[C@H](CN3C2=O)C4(C)C)C(C)(C)C)C(=O)C1. The molecule has 0 bridgehead atoms. The predicted molar refractivity (Wildman–Crippen MR) is 189 cm³/mol. The van der Waals surface area contributed by atoms with E-state index >= 15 is 0 Å². The maximum atomic E-state index is 14.4. The summed E-state index contributed by atoms with van der Waals surface area (Å²) in [6, 6.07) is -3.90. The first kappa shape index (κ1) is 38.7. The first-order chi connectivity index (χ1) is 24.0. The van der Waals surface area contributed by atoms with Gasteiger partial charge in [-0.15, -0.1) is 0 Å². The van der Waals surface area contributed by atoms with E-state index < -0.39 is 53.2 Å². The largest absolute Gasteiger partial charge is 0.347 e. The number of ketones is 1. The lowest BCUT2D eigenvalue weighted by atomic mass is 9.86. The van der Waals surface area contributed by atoms with Crippen molar-refractivity contribution < 1.29 is 33.6 Å². The lowest BCUT2D eigenvalue weighted by molar-refractivity contribution is -0.151. The summed E-state index contributed by atoms with van der Waals surface area (Å²) in [5.41, 5.74) is -0.707. The van der Waals surface area contributed by atoms with Crippen LogP contribution in [0.2, 0.25) is 0 Å². The van der Waals surface area contributed by atoms with Crippen molar-refractivity contribution >= 4 is 41.4 Å². The molecular formula is C37H59N7O7. The van der Waals surface area contributed by atoms with Gasteiger partial charge >= 0.3 is 6.03 Å². The normalized spacial score (nSPS) is 30.1. The van der Waals surface area contributed by atoms with Crippen LogP contribution in [0, 0.1) is 22.7 Å². The van der Waals surface area contributed by atoms with Crippen LogP contribution in [0.4, 0.5) is 4.79 Å². The maximum absolute atomic E-state index is 14.4. The molecule has 284 valence electrons. The zero-order chi connectivity index (χ0) is 37.2. The van der Waals surface area contributed by atoms with Gasteiger partial charge in [-0.1, -0.05) is 79.6 Å². The van der Waals surface area contributed by atoms with Crippen molar-refractivity contribution in [2.24, 2.45) is 22.7 Å². The Hall–Kier alpha value is -3.55. The average molecular weight is 714 g/mol. The Balaban J connectivity index is 1.33. The average Bonchev–Trinajstić information content (AvgIpc) is 3.89. The van der Waals surface area contributed by atoms with Gasteiger partial charge in [-0.2, -0.15) is 0 Å². The van der Waals surface area contributed by atoms with Crippen molar-refractivity contribution in [1.29, 1.82) is 0 Å². The number of hydrogen-bond donors (Lipinski definition) is 4. The highest BCUT2D eigenvalue weighted by atomic mass is 16.2. The molecule has 5 rings (SSSR count). The van der Waals surface area contributed by atoms with Crippen LogP contribution >= 0.6 is 0 Å². The topological polar surface area (TPSA) is 177 Å². The van der Waals surface area contributed by atoms with Gasteiger partial charge in [0.2, 0.25) is 29.4 Å². The van der Waals surface area contributed by atoms with Crippen LogP contribution in [0.3, 0.4) is 0 Å². The summed E-state index contributed by atoms with van der Waals surface area (Å²) in [5.74, 6) is -2.81. The molecule has 3 saturated heterocycles. The van der Waals surface area contributed by atoms with E-state index in [2.05, 4.69) is 35.1 Å². The highest BCUT2D eigenvalue weighted by Gasteiger charge is 2.69. The molecule has 7 amide bonds. The first-order valence-corrected chi connectivity index (χ1v) is 19.0. The number of nitrogens with one attached hydrogen (secondary N) is 4. The van der Waals surface area contributed by atoms with E-state index in [4.69, 9.17) is 0 Å². The van der Waals surface area contributed by atoms with E-state index in [1.54, 1.807) is 16.8 Å². The van der Waals surface area contributed by atoms with Crippen LogP contribution in [0.25, 0.3) is 0 Å². The number of carbonyl (C=O) groups excluding carboxylic acids is 7. The number of carbonyl (C=O) groups is 7. The number of piperidine rings is 1. The zero-order valence-corrected chi connectivity index (χ0v) is 31.3. The van der Waals surface area contributed by atoms with Gasteiger partial charge in [0, 0.05) is 19.1 Å². The Morgan fingerprint density at radius 3 is 2.04 bits per heavy atom. The van der Waals surface area contributed by atoms with Gasteiger partial charge in [0.25, 0.3) is 5.91 Å². The Kier molecular flexibility index (Phi) is 11.8. The number of hydrogen-bond acceptors (Lipinski definition) is 8. The molecular weight excluding hydrogens is 654 g/mol. The van der Waals surface area contributed by atoms with Gasteiger partial charge < -0.3 is 26.2 Å². The van der Waals surface area contributed by atoms with Gasteiger partial charge in [0.1, 0.15) is 12.1 Å². The molecule has 0 aromatic heterocycles. The fourth-order valence-electron chi connectivity index (χ4n) is 8.13. The molecule has 2 aliphatic carbocycles. The van der Waals surface area contributed by atoms with Gasteiger partial charge in [0.15, 0.2) is 0 Å². The van der Waals surface area contributed by atoms with Crippen LogP contribution in [0.1, 0.15) is 105 Å². The maximum Gasteiger partial charge on any atom is 0.315 e. The molecule has 0 aromatic carbocycles. The molecule has 0 spiro atoms. The number of nitrogens with zero attached hydrogens (tertiary/aromatic N) is 3. The Labute approximate surface area is 301 Å². The first-order valence-electron chi connectivity index (χ1n) is 19.0. The van der Waals surface area contributed by atoms with E-state index in [-0.39, 0.29) is 60.6 Å². The molecule has 3 aliphatic heterocycles. The zero-order valence-electron chi connectivity index (χ0n) is 31.3. The van der Waals surface area contributed by atoms with Crippen molar-refractivity contribution in [3.05, 3.63) is 0 Å². The van der Waals surface area contributed by atoms with E-state index in [0.717, 1.165) is 44.9 Å². The third kappa shape index (κ3) is 9.28. The number of likely N-dealkylation sites (N-methyl/N-ethyl adjacent to an activating group) is 1. The number of imide groups is 1. The van der Waals surface area contributed by atoms with Crippen LogP contribution in [-0.4, -0.2) is 119 Å². The van der Waals surface area contributed by atoms with Gasteiger partial charge in [-0.25, -0.2) is 4.79 Å². The highest BCUT2D eigenvalue weighted by Crippen LogP contribution is 2.65. The van der Waals surface area contributed by atoms with Gasteiger partial charge in [0.05, 0.1) is 25.2 Å². The number of fused-ring (bicyclic) bond motifs is 3. The number of urea groups is 1. The quantitative estimate of drug-likeness (QED) is 0.228. The fraction of sp³-hybridized carbons (Fsp3) is 0.811. The van der Waals surface area contributed by atoms with Crippen molar-refractivity contribution in [2.75, 3.05) is 33.2 Å². The second-order valence-electron chi connectivity index (χ2n) is 17.3. The minimum Gasteiger partial charge on any atom is -0.347 e. The molecule has 5 aliphatic rings. The second-order valence-corrected chi connectivity index (χ2v) is 17.3. The van der Waals surface area contributed by atoms with Crippen molar-refractivity contribution in [3.8, 4) is 0 Å². The van der Waals surface area contributed by atoms with Gasteiger partial charge in [-0.3, -0.25) is 38.6 Å². The molecule has 2 saturated carbocycles. The Morgan fingerprint density at radius 1 is 0.863 bits per heavy atom. The fourth-order valence-corrected chi connectivity index (χ4v) is 8.13. The number of Topliss-reactive ketones (excluding diaryl/α,β-unsaturated/α-hetero) is 1. The summed E-state index contributed by atoms with van der Waals surface area (Å²) in [7, 11) is 1.71. The van der Waals surface area contributed by atoms with Crippen molar-refractivity contribution in [1.82, 2.24) is 36.0 Å². The van der Waals surface area contributed by atoms with Crippen LogP contribution in [0.15, 0.2) is 0 Å². The summed E-state index contributed by atoms with van der Waals surface area (Å²) < 4.78 is 0. The molecule has 0 radical (unpaired) electrons. The predicted octanol–water partition coefficient (Wildman–Crippen LogP) is 1.71. The molecule has 4 N–H and O–H groups in total. The van der Waals surface area contributed by atoms with Crippen LogP contribution in [-0.2, 0) is 28.8 Å². The smallest absolute Gasteiger partial charge is 0.315 e. The number of piperazine rings is 1. The Bertz CT molecular complexity index is 1370. The molecule has 0 unspecified atom stereocenters. The van der Waals surface area contributed by atoms with Crippen molar-refractivity contribution in [3.63, 3.8) is 0 Å². The molecule has 14 nitrogen and oxygen atoms in total. The highest BCUT2D eigenvalue weighted by molar-refractivity contribution is 6.38. The minimum atomic E-state index is -0.977. The van der Waals surface area contributed by atoms with E-state index in [9.17, 15) is 33.6 Å². The molecule has 3 heterocycles. The van der Waals surface area contributed by atoms with E-state index in [0.29, 0.717) is 32.2 Å². The summed E-state index contributed by atoms with van der Waals surface area (Å²) in [6.07, 6.45) is 8.46. The molecule has 5 fully saturated rings. The summed E-state index contributed by atoms with van der Waals surface area (Å²) in [5, 5.41) is 11.5. The number of rotatable bonds is 7. The lowest BCUT2D eigenvalue weighted by Gasteiger charge is -2.38. The lowest BCUT2D eigenvalue weighted by Crippen LogP contribution is -2.62. The van der Waals surface area contributed by atoms with E-state index in [1.807, 2.05) is 20.8 Å². The molecule has 0 aromatic rings. The monoisotopic (exact) mass is 713 g/mol. The van der Waals surface area contributed by atoms with E-state index in [1.165, 1.54) is 4.90 Å². The molecule has 51 heavy (non-hydrogen) atoms. The van der Waals surface area contributed by atoms with Gasteiger partial charge in [-0.05, 0) is 55.4 Å². The third-order valence-corrected chi connectivity index (χ3v) is 11.7. The minimum absolute atomic E-state index is 0.00637. The summed E-state index contributed by atoms with van der Waals surface area (Å²) in [6.45, 7) is 10.5. The summed E-state index contributed by atoms with van der Waals surface area (Å²) in [4.78, 5) is 98.3. The van der Waals surface area contributed by atoms with Crippen LogP contribution in [0.5, 0.6) is 0 Å². The third-order valence-electron chi connectivity index (χ3n) is 11.7. The Morgan fingerprint density at radius 2 is 1.45 bits per heavy atom. The molecule has 6 atom stereocenters. The number of amides is 7. The van der Waals surface area contributed by atoms with Crippen LogP contribution < -0.4 is 21.3 Å². The second kappa shape index (κ2) is 15.6. The van der Waals surface area contributed by atoms with Crippen molar-refractivity contribution in [2.45, 2.75) is 135 Å². The summed E-state index contributed by atoms with van der Waals surface area (Å²) >= 11 is 0. The molecule has 14 heteroatoms. The standard InChI is InChI=1S/C37H59N7O7/c1-36(2,3)26(19-43-27(45)20-42(6)21-28(43)46)41-35(51)40-25-15-13-11-9-7-8-10-12-14-24(31(47)33(49)38-22-16-17-22)39-32(48)30-29-23(37(29,4)5)18-44(30)34(25)50/h22-26,29-30H,7-21H2,1-6H3,(H,38,49)(H,39,48)(H2,40,41,51)/t23-,24+,25+,26+,29-,30-/m0/s1.